The highest BCUT2D eigenvalue weighted by Crippen LogP contribution is 2.24. The van der Waals surface area contributed by atoms with Crippen molar-refractivity contribution in [2.24, 2.45) is 0 Å². The zero-order valence-corrected chi connectivity index (χ0v) is 16.6. The van der Waals surface area contributed by atoms with Gasteiger partial charge < -0.3 is 9.30 Å². The monoisotopic (exact) mass is 380 g/mol. The van der Waals surface area contributed by atoms with Gasteiger partial charge in [0, 0.05) is 35.5 Å². The molecule has 0 aliphatic carbocycles. The van der Waals surface area contributed by atoms with E-state index in [9.17, 15) is 4.79 Å². The molecule has 0 bridgehead atoms. The molecule has 27 heavy (non-hydrogen) atoms. The van der Waals surface area contributed by atoms with Crippen LogP contribution in [0.2, 0.25) is 0 Å². The molecule has 0 spiro atoms. The third-order valence-corrected chi connectivity index (χ3v) is 6.14. The van der Waals surface area contributed by atoms with Crippen molar-refractivity contribution < 1.29 is 9.53 Å². The molecule has 1 aliphatic heterocycles. The normalized spacial score (nSPS) is 16.9. The van der Waals surface area contributed by atoms with Gasteiger partial charge in [0.15, 0.2) is 5.78 Å². The Labute approximate surface area is 163 Å². The van der Waals surface area contributed by atoms with E-state index < -0.39 is 0 Å². The lowest BCUT2D eigenvalue weighted by Crippen LogP contribution is -2.17. The predicted molar refractivity (Wildman–Crippen MR) is 110 cm³/mol. The number of fused-ring (bicyclic) bond motifs is 1. The van der Waals surface area contributed by atoms with E-state index in [0.717, 1.165) is 58.9 Å². The zero-order chi connectivity index (χ0) is 18.8. The third-order valence-electron chi connectivity index (χ3n) is 5.21. The van der Waals surface area contributed by atoms with Crippen molar-refractivity contribution in [3.63, 3.8) is 0 Å². The van der Waals surface area contributed by atoms with Gasteiger partial charge in [-0.25, -0.2) is 4.98 Å². The summed E-state index contributed by atoms with van der Waals surface area (Å²) < 4.78 is 7.98. The summed E-state index contributed by atoms with van der Waals surface area (Å²) in [6.45, 7) is 5.79. The molecule has 0 amide bonds. The summed E-state index contributed by atoms with van der Waals surface area (Å²) in [5.41, 5.74) is 3.95. The molecule has 0 unspecified atom stereocenters. The largest absolute Gasteiger partial charge is 0.376 e. The molecule has 3 heterocycles. The molecule has 1 aliphatic rings. The number of hydrogen-bond acceptors (Lipinski definition) is 4. The van der Waals surface area contributed by atoms with Crippen LogP contribution in [0.5, 0.6) is 0 Å². The summed E-state index contributed by atoms with van der Waals surface area (Å²) in [6, 6.07) is 14.1. The Bertz CT molecular complexity index is 974. The van der Waals surface area contributed by atoms with Crippen molar-refractivity contribution in [3.8, 4) is 0 Å². The van der Waals surface area contributed by atoms with Crippen molar-refractivity contribution in [1.82, 2.24) is 9.55 Å². The Kier molecular flexibility index (Phi) is 5.32. The first-order chi connectivity index (χ1) is 13.1. The molecule has 3 aromatic rings. The second-order valence-electron chi connectivity index (χ2n) is 7.08. The fourth-order valence-electron chi connectivity index (χ4n) is 3.70. The summed E-state index contributed by atoms with van der Waals surface area (Å²) in [4.78, 5) is 17.5. The van der Waals surface area contributed by atoms with Crippen LogP contribution in [0.1, 0.15) is 34.6 Å². The summed E-state index contributed by atoms with van der Waals surface area (Å²) in [7, 11) is 0. The molecule has 4 rings (SSSR count). The lowest BCUT2D eigenvalue weighted by Gasteiger charge is -2.14. The molecular formula is C22H24N2O2S. The van der Waals surface area contributed by atoms with Crippen LogP contribution in [0, 0.1) is 13.8 Å². The molecule has 140 valence electrons. The lowest BCUT2D eigenvalue weighted by molar-refractivity contribution is 0.0957. The molecule has 1 saturated heterocycles. The summed E-state index contributed by atoms with van der Waals surface area (Å²) in [6.07, 6.45) is 2.50. The molecule has 1 atom stereocenters. The first-order valence-electron chi connectivity index (χ1n) is 9.42. The predicted octanol–water partition coefficient (Wildman–Crippen LogP) is 4.81. The number of benzene rings is 1. The van der Waals surface area contributed by atoms with Crippen molar-refractivity contribution in [2.45, 2.75) is 44.4 Å². The SMILES string of the molecule is Cc1cc(C(=O)CSc2ccc3ccccc3n2)c(C)n1C[C@H]1CCCO1. The maximum absolute atomic E-state index is 12.8. The topological polar surface area (TPSA) is 44.1 Å². The molecular weight excluding hydrogens is 356 g/mol. The molecule has 0 radical (unpaired) electrons. The van der Waals surface area contributed by atoms with Gasteiger partial charge in [0.1, 0.15) is 0 Å². The minimum absolute atomic E-state index is 0.154. The Morgan fingerprint density at radius 3 is 2.93 bits per heavy atom. The average Bonchev–Trinajstić information content (AvgIpc) is 3.30. The number of aryl methyl sites for hydroxylation is 1. The molecule has 2 aromatic heterocycles. The Hall–Kier alpha value is -2.11. The highest BCUT2D eigenvalue weighted by molar-refractivity contribution is 7.99. The number of thioether (sulfide) groups is 1. The number of hydrogen-bond donors (Lipinski definition) is 0. The van der Waals surface area contributed by atoms with Crippen LogP contribution in [0.4, 0.5) is 0 Å². The number of aromatic nitrogens is 2. The van der Waals surface area contributed by atoms with Crippen LogP contribution in [0.25, 0.3) is 10.9 Å². The van der Waals surface area contributed by atoms with E-state index in [1.54, 1.807) is 0 Å². The summed E-state index contributed by atoms with van der Waals surface area (Å²) >= 11 is 1.50. The van der Waals surface area contributed by atoms with Gasteiger partial charge in [-0.1, -0.05) is 36.0 Å². The maximum atomic E-state index is 12.8. The van der Waals surface area contributed by atoms with E-state index >= 15 is 0 Å². The van der Waals surface area contributed by atoms with E-state index in [1.165, 1.54) is 11.8 Å². The van der Waals surface area contributed by atoms with Gasteiger partial charge in [-0.2, -0.15) is 0 Å². The molecule has 1 aromatic carbocycles. The van der Waals surface area contributed by atoms with Crippen molar-refractivity contribution in [3.05, 3.63) is 59.4 Å². The number of ketones is 1. The van der Waals surface area contributed by atoms with Crippen LogP contribution in [-0.2, 0) is 11.3 Å². The van der Waals surface area contributed by atoms with Crippen molar-refractivity contribution in [2.75, 3.05) is 12.4 Å². The quantitative estimate of drug-likeness (QED) is 0.455. The minimum atomic E-state index is 0.154. The number of Topliss-reactive ketones (excluding diaryl/α,β-unsaturated/α-hetero) is 1. The average molecular weight is 381 g/mol. The fraction of sp³-hybridized carbons (Fsp3) is 0.364. The summed E-state index contributed by atoms with van der Waals surface area (Å²) in [5, 5.41) is 2.00. The van der Waals surface area contributed by atoms with Gasteiger partial charge >= 0.3 is 0 Å². The number of nitrogens with zero attached hydrogens (tertiary/aromatic N) is 2. The number of pyridine rings is 1. The molecule has 5 heteroatoms. The number of rotatable bonds is 6. The minimum Gasteiger partial charge on any atom is -0.376 e. The first-order valence-corrected chi connectivity index (χ1v) is 10.4. The third kappa shape index (κ3) is 3.94. The van der Waals surface area contributed by atoms with Gasteiger partial charge in [-0.15, -0.1) is 0 Å². The molecule has 4 nitrogen and oxygen atoms in total. The number of ether oxygens (including phenoxy) is 1. The van der Waals surface area contributed by atoms with E-state index in [2.05, 4.69) is 22.5 Å². The van der Waals surface area contributed by atoms with Crippen LogP contribution in [0.15, 0.2) is 47.5 Å². The standard InChI is InChI=1S/C22H24N2O2S/c1-15-12-19(16(2)24(15)13-18-7-5-11-26-18)21(25)14-27-22-10-9-17-6-3-4-8-20(17)23-22/h3-4,6,8-10,12,18H,5,7,11,13-14H2,1-2H3/t18-/m1/s1. The summed E-state index contributed by atoms with van der Waals surface area (Å²) in [5.74, 6) is 0.553. The molecule has 0 N–H and O–H groups in total. The van der Waals surface area contributed by atoms with Crippen LogP contribution >= 0.6 is 11.8 Å². The molecule has 1 fully saturated rings. The van der Waals surface area contributed by atoms with Crippen LogP contribution in [-0.4, -0.2) is 33.8 Å². The van der Waals surface area contributed by atoms with Gasteiger partial charge in [-0.3, -0.25) is 4.79 Å². The Morgan fingerprint density at radius 2 is 2.11 bits per heavy atom. The zero-order valence-electron chi connectivity index (χ0n) is 15.8. The maximum Gasteiger partial charge on any atom is 0.174 e. The van der Waals surface area contributed by atoms with Gasteiger partial charge in [-0.05, 0) is 44.9 Å². The Morgan fingerprint density at radius 1 is 1.26 bits per heavy atom. The van der Waals surface area contributed by atoms with Gasteiger partial charge in [0.05, 0.1) is 22.4 Å². The van der Waals surface area contributed by atoms with Crippen LogP contribution < -0.4 is 0 Å². The van der Waals surface area contributed by atoms with E-state index in [0.29, 0.717) is 5.75 Å². The van der Waals surface area contributed by atoms with Crippen molar-refractivity contribution in [1.29, 1.82) is 0 Å². The number of para-hydroxylation sites is 1. The van der Waals surface area contributed by atoms with E-state index in [4.69, 9.17) is 4.74 Å². The molecule has 0 saturated carbocycles. The highest BCUT2D eigenvalue weighted by Gasteiger charge is 2.21. The number of carbonyl (C=O) groups is 1. The fourth-order valence-corrected chi connectivity index (χ4v) is 4.46. The van der Waals surface area contributed by atoms with Gasteiger partial charge in [0.25, 0.3) is 0 Å². The van der Waals surface area contributed by atoms with Gasteiger partial charge in [0.2, 0.25) is 0 Å². The Balaban J connectivity index is 1.45. The smallest absolute Gasteiger partial charge is 0.174 e. The second kappa shape index (κ2) is 7.87. The van der Waals surface area contributed by atoms with Crippen molar-refractivity contribution >= 4 is 28.4 Å². The highest BCUT2D eigenvalue weighted by atomic mass is 32.2. The second-order valence-corrected chi connectivity index (χ2v) is 8.08. The lowest BCUT2D eigenvalue weighted by atomic mass is 10.2. The van der Waals surface area contributed by atoms with E-state index in [1.807, 2.05) is 43.3 Å². The number of carbonyl (C=O) groups excluding carboxylic acids is 1. The van der Waals surface area contributed by atoms with E-state index in [-0.39, 0.29) is 11.9 Å². The van der Waals surface area contributed by atoms with Crippen LogP contribution in [0.3, 0.4) is 0 Å². The first kappa shape index (κ1) is 18.3.